The van der Waals surface area contributed by atoms with Gasteiger partial charge in [0.2, 0.25) is 0 Å². The highest BCUT2D eigenvalue weighted by atomic mass is 35.5. The van der Waals surface area contributed by atoms with Gasteiger partial charge in [0, 0.05) is 5.69 Å². The summed E-state index contributed by atoms with van der Waals surface area (Å²) >= 11 is 5.81. The Morgan fingerprint density at radius 2 is 2.10 bits per heavy atom. The van der Waals surface area contributed by atoms with Crippen LogP contribution in [0.25, 0.3) is 0 Å². The highest BCUT2D eigenvalue weighted by Crippen LogP contribution is 2.25. The second-order valence-corrected chi connectivity index (χ2v) is 4.78. The van der Waals surface area contributed by atoms with Gasteiger partial charge < -0.3 is 10.4 Å². The second kappa shape index (κ2) is 5.77. The summed E-state index contributed by atoms with van der Waals surface area (Å²) in [7, 11) is 0. The number of anilines is 2. The van der Waals surface area contributed by atoms with Gasteiger partial charge in [-0.2, -0.15) is 10.4 Å². The molecular weight excluding hydrogens is 292 g/mol. The predicted octanol–water partition coefficient (Wildman–Crippen LogP) is 3.06. The van der Waals surface area contributed by atoms with E-state index in [1.165, 1.54) is 12.1 Å². The molecule has 0 aliphatic rings. The summed E-state index contributed by atoms with van der Waals surface area (Å²) in [5.74, 6) is -0.852. The summed E-state index contributed by atoms with van der Waals surface area (Å²) < 4.78 is 0. The Balaban J connectivity index is 2.44. The topological polar surface area (TPSA) is 98.9 Å². The number of benzene rings is 1. The van der Waals surface area contributed by atoms with Crippen LogP contribution in [0.3, 0.4) is 0 Å². The van der Waals surface area contributed by atoms with Crippen molar-refractivity contribution in [2.75, 3.05) is 5.32 Å². The molecule has 0 unspecified atom stereocenters. The average Bonchev–Trinajstić information content (AvgIpc) is 2.45. The zero-order chi connectivity index (χ0) is 15.6. The lowest BCUT2D eigenvalue weighted by molar-refractivity contribution is 0.0697. The molecule has 2 N–H and O–H groups in total. The highest BCUT2D eigenvalue weighted by Gasteiger charge is 2.13. The van der Waals surface area contributed by atoms with Gasteiger partial charge in [-0.3, -0.25) is 0 Å². The molecule has 0 fully saturated rings. The van der Waals surface area contributed by atoms with Crippen LogP contribution in [0.4, 0.5) is 11.5 Å². The van der Waals surface area contributed by atoms with Crippen molar-refractivity contribution in [1.29, 1.82) is 5.26 Å². The molecule has 1 aromatic heterocycles. The molecule has 2 rings (SSSR count). The predicted molar refractivity (Wildman–Crippen MR) is 77.9 cm³/mol. The van der Waals surface area contributed by atoms with Crippen LogP contribution in [0.15, 0.2) is 18.2 Å². The van der Waals surface area contributed by atoms with Gasteiger partial charge in [-0.25, -0.2) is 4.79 Å². The summed E-state index contributed by atoms with van der Waals surface area (Å²) in [5.41, 5.74) is 2.19. The molecular formula is C14H11ClN4O2. The minimum absolute atomic E-state index is 0.0306. The lowest BCUT2D eigenvalue weighted by Gasteiger charge is -2.10. The lowest BCUT2D eigenvalue weighted by atomic mass is 10.1. The molecule has 0 atom stereocenters. The maximum Gasteiger partial charge on any atom is 0.337 e. The second-order valence-electron chi connectivity index (χ2n) is 4.37. The normalized spacial score (nSPS) is 10.0. The molecule has 0 saturated carbocycles. The molecule has 0 aliphatic heterocycles. The Bertz CT molecular complexity index is 768. The number of rotatable bonds is 3. The van der Waals surface area contributed by atoms with Gasteiger partial charge in [-0.15, -0.1) is 5.10 Å². The van der Waals surface area contributed by atoms with Crippen molar-refractivity contribution in [1.82, 2.24) is 10.2 Å². The molecule has 1 aromatic carbocycles. The molecule has 0 amide bonds. The first kappa shape index (κ1) is 14.8. The molecule has 6 nitrogen and oxygen atoms in total. The Hall–Kier alpha value is -2.65. The number of carbonyl (C=O) groups is 1. The number of hydrogen-bond donors (Lipinski definition) is 2. The Kier molecular flexibility index (Phi) is 4.05. The van der Waals surface area contributed by atoms with Gasteiger partial charge in [0.1, 0.15) is 11.6 Å². The van der Waals surface area contributed by atoms with Crippen LogP contribution in [-0.4, -0.2) is 21.3 Å². The van der Waals surface area contributed by atoms with E-state index in [0.29, 0.717) is 16.9 Å². The maximum atomic E-state index is 11.1. The first-order valence-corrected chi connectivity index (χ1v) is 6.35. The van der Waals surface area contributed by atoms with Crippen molar-refractivity contribution >= 4 is 29.1 Å². The summed E-state index contributed by atoms with van der Waals surface area (Å²) in [6.45, 7) is 3.54. The molecule has 0 saturated heterocycles. The van der Waals surface area contributed by atoms with Crippen molar-refractivity contribution in [2.45, 2.75) is 13.8 Å². The molecule has 106 valence electrons. The fourth-order valence-electron chi connectivity index (χ4n) is 1.74. The minimum atomic E-state index is -1.13. The number of carboxylic acid groups (broad SMARTS) is 1. The monoisotopic (exact) mass is 302 g/mol. The minimum Gasteiger partial charge on any atom is -0.478 e. The number of nitriles is 1. The Morgan fingerprint density at radius 1 is 1.38 bits per heavy atom. The first-order chi connectivity index (χ1) is 9.93. The van der Waals surface area contributed by atoms with Crippen LogP contribution in [-0.2, 0) is 0 Å². The van der Waals surface area contributed by atoms with Crippen molar-refractivity contribution in [2.24, 2.45) is 0 Å². The van der Waals surface area contributed by atoms with Crippen molar-refractivity contribution in [3.05, 3.63) is 45.6 Å². The van der Waals surface area contributed by atoms with Crippen molar-refractivity contribution in [3.63, 3.8) is 0 Å². The van der Waals surface area contributed by atoms with E-state index in [4.69, 9.17) is 16.7 Å². The van der Waals surface area contributed by atoms with Crippen LogP contribution in [0.2, 0.25) is 5.02 Å². The number of carboxylic acids is 1. The highest BCUT2D eigenvalue weighted by molar-refractivity contribution is 6.33. The standard InChI is InChI=1S/C14H11ClN4O2/c1-7-8(2)18-19-13(11(7)6-16)17-9-3-4-12(15)10(5-9)14(20)21/h3-5H,1-2H3,(H,17,19)(H,20,21). The van der Waals surface area contributed by atoms with Crippen LogP contribution in [0, 0.1) is 25.2 Å². The van der Waals surface area contributed by atoms with Crippen molar-refractivity contribution < 1.29 is 9.90 Å². The Labute approximate surface area is 126 Å². The average molecular weight is 303 g/mol. The van der Waals surface area contributed by atoms with Crippen LogP contribution < -0.4 is 5.32 Å². The molecule has 21 heavy (non-hydrogen) atoms. The Morgan fingerprint density at radius 3 is 2.71 bits per heavy atom. The van der Waals surface area contributed by atoms with E-state index in [2.05, 4.69) is 21.6 Å². The zero-order valence-corrected chi connectivity index (χ0v) is 12.1. The molecule has 0 radical (unpaired) electrons. The number of aromatic carboxylic acids is 1. The summed E-state index contributed by atoms with van der Waals surface area (Å²) in [6.07, 6.45) is 0. The third kappa shape index (κ3) is 2.93. The number of halogens is 1. The van der Waals surface area contributed by atoms with Gasteiger partial charge in [0.15, 0.2) is 5.82 Å². The van der Waals surface area contributed by atoms with E-state index in [1.54, 1.807) is 19.9 Å². The zero-order valence-electron chi connectivity index (χ0n) is 11.3. The van der Waals surface area contributed by atoms with Crippen molar-refractivity contribution in [3.8, 4) is 6.07 Å². The third-order valence-corrected chi connectivity index (χ3v) is 3.36. The molecule has 2 aromatic rings. The van der Waals surface area contributed by atoms with E-state index >= 15 is 0 Å². The maximum absolute atomic E-state index is 11.1. The van der Waals surface area contributed by atoms with Crippen LogP contribution in [0.1, 0.15) is 27.2 Å². The first-order valence-electron chi connectivity index (χ1n) is 5.98. The summed E-state index contributed by atoms with van der Waals surface area (Å²) in [6, 6.07) is 6.51. The van der Waals surface area contributed by atoms with E-state index in [-0.39, 0.29) is 16.4 Å². The van der Waals surface area contributed by atoms with Gasteiger partial charge in [-0.1, -0.05) is 11.6 Å². The number of aromatic nitrogens is 2. The smallest absolute Gasteiger partial charge is 0.337 e. The van der Waals surface area contributed by atoms with Gasteiger partial charge in [0.05, 0.1) is 16.3 Å². The molecule has 0 spiro atoms. The number of nitrogens with one attached hydrogen (secondary N) is 1. The SMILES string of the molecule is Cc1nnc(Nc2ccc(Cl)c(C(=O)O)c2)c(C#N)c1C. The molecule has 0 bridgehead atoms. The van der Waals surface area contributed by atoms with E-state index in [0.717, 1.165) is 5.56 Å². The fourth-order valence-corrected chi connectivity index (χ4v) is 1.93. The van der Waals surface area contributed by atoms with Gasteiger partial charge in [0.25, 0.3) is 0 Å². The van der Waals surface area contributed by atoms with Gasteiger partial charge in [-0.05, 0) is 37.6 Å². The number of aryl methyl sites for hydroxylation is 1. The van der Waals surface area contributed by atoms with E-state index in [9.17, 15) is 10.1 Å². The van der Waals surface area contributed by atoms with Crippen LogP contribution >= 0.6 is 11.6 Å². The number of nitrogens with zero attached hydrogens (tertiary/aromatic N) is 3. The number of hydrogen-bond acceptors (Lipinski definition) is 5. The fraction of sp³-hybridized carbons (Fsp3) is 0.143. The van der Waals surface area contributed by atoms with Crippen LogP contribution in [0.5, 0.6) is 0 Å². The third-order valence-electron chi connectivity index (χ3n) is 3.03. The van der Waals surface area contributed by atoms with E-state index < -0.39 is 5.97 Å². The lowest BCUT2D eigenvalue weighted by Crippen LogP contribution is -2.05. The molecule has 0 aliphatic carbocycles. The molecule has 1 heterocycles. The summed E-state index contributed by atoms with van der Waals surface area (Å²) in [5, 5.41) is 29.2. The van der Waals surface area contributed by atoms with E-state index in [1.807, 2.05) is 0 Å². The van der Waals surface area contributed by atoms with Gasteiger partial charge >= 0.3 is 5.97 Å². The summed E-state index contributed by atoms with van der Waals surface area (Å²) in [4.78, 5) is 11.1. The molecule has 7 heteroatoms. The quantitative estimate of drug-likeness (QED) is 0.904. The largest absolute Gasteiger partial charge is 0.478 e.